The highest BCUT2D eigenvalue weighted by Crippen LogP contribution is 2.06. The first-order valence-electron chi connectivity index (χ1n) is 4.03. The molecule has 0 radical (unpaired) electrons. The Hall–Kier alpha value is -0.300. The van der Waals surface area contributed by atoms with Crippen LogP contribution in [0.2, 0.25) is 0 Å². The first-order chi connectivity index (χ1) is 4.66. The topological polar surface area (TPSA) is 20.2 Å². The normalized spacial score (nSPS) is 17.6. The lowest BCUT2D eigenvalue weighted by Crippen LogP contribution is -1.95. The number of aliphatic hydroxyl groups is 1. The van der Waals surface area contributed by atoms with Gasteiger partial charge in [0.1, 0.15) is 0 Å². The molecular weight excluding hydrogens is 124 g/mol. The fourth-order valence-electron chi connectivity index (χ4n) is 0.902. The average Bonchev–Trinajstić information content (AvgIpc) is 1.85. The van der Waals surface area contributed by atoms with Gasteiger partial charge in [-0.15, -0.1) is 0 Å². The summed E-state index contributed by atoms with van der Waals surface area (Å²) >= 11 is 0. The van der Waals surface area contributed by atoms with Crippen molar-refractivity contribution in [3.63, 3.8) is 0 Å². The highest BCUT2D eigenvalue weighted by molar-refractivity contribution is 4.89. The lowest BCUT2D eigenvalue weighted by atomic mass is 10.1. The van der Waals surface area contributed by atoms with E-state index in [2.05, 4.69) is 19.9 Å². The van der Waals surface area contributed by atoms with Crippen LogP contribution in [-0.4, -0.2) is 11.2 Å². The second kappa shape index (κ2) is 5.48. The van der Waals surface area contributed by atoms with Gasteiger partial charge in [0.25, 0.3) is 0 Å². The lowest BCUT2D eigenvalue weighted by Gasteiger charge is -2.02. The third-order valence-corrected chi connectivity index (χ3v) is 1.46. The van der Waals surface area contributed by atoms with E-state index in [1.807, 2.05) is 6.08 Å². The minimum atomic E-state index is -0.292. The summed E-state index contributed by atoms with van der Waals surface area (Å²) in [7, 11) is 0. The van der Waals surface area contributed by atoms with Crippen LogP contribution in [0.3, 0.4) is 0 Å². The van der Waals surface area contributed by atoms with Gasteiger partial charge in [-0.3, -0.25) is 0 Å². The van der Waals surface area contributed by atoms with Crippen molar-refractivity contribution >= 4 is 0 Å². The van der Waals surface area contributed by atoms with Crippen LogP contribution in [0.15, 0.2) is 12.2 Å². The van der Waals surface area contributed by atoms with E-state index in [1.165, 1.54) is 12.8 Å². The van der Waals surface area contributed by atoms with Gasteiger partial charge in [0.15, 0.2) is 0 Å². The van der Waals surface area contributed by atoms with Crippen LogP contribution in [0.1, 0.15) is 33.6 Å². The Morgan fingerprint density at radius 3 is 2.30 bits per heavy atom. The van der Waals surface area contributed by atoms with E-state index in [9.17, 15) is 0 Å². The van der Waals surface area contributed by atoms with Crippen LogP contribution < -0.4 is 0 Å². The smallest absolute Gasteiger partial charge is 0.0692 e. The van der Waals surface area contributed by atoms with E-state index in [4.69, 9.17) is 5.11 Å². The summed E-state index contributed by atoms with van der Waals surface area (Å²) in [6.45, 7) is 6.12. The third kappa shape index (κ3) is 5.83. The van der Waals surface area contributed by atoms with Crippen LogP contribution in [0.4, 0.5) is 0 Å². The molecule has 60 valence electrons. The van der Waals surface area contributed by atoms with Gasteiger partial charge in [-0.05, 0) is 19.3 Å². The lowest BCUT2D eigenvalue weighted by molar-refractivity contribution is 0.243. The van der Waals surface area contributed by atoms with E-state index < -0.39 is 0 Å². The molecule has 0 amide bonds. The summed E-state index contributed by atoms with van der Waals surface area (Å²) < 4.78 is 0. The highest BCUT2D eigenvalue weighted by Gasteiger charge is 1.94. The molecule has 0 aromatic carbocycles. The summed E-state index contributed by atoms with van der Waals surface area (Å²) in [5, 5.41) is 8.88. The molecule has 0 aromatic rings. The summed E-state index contributed by atoms with van der Waals surface area (Å²) in [5.41, 5.74) is 0. The first kappa shape index (κ1) is 9.70. The Labute approximate surface area is 63.8 Å². The van der Waals surface area contributed by atoms with Crippen LogP contribution in [-0.2, 0) is 0 Å². The van der Waals surface area contributed by atoms with Crippen molar-refractivity contribution in [3.05, 3.63) is 12.2 Å². The number of allylic oxidation sites excluding steroid dienone is 1. The van der Waals surface area contributed by atoms with Gasteiger partial charge < -0.3 is 5.11 Å². The van der Waals surface area contributed by atoms with Crippen molar-refractivity contribution in [2.24, 2.45) is 5.92 Å². The molecule has 2 unspecified atom stereocenters. The van der Waals surface area contributed by atoms with Gasteiger partial charge in [0, 0.05) is 0 Å². The van der Waals surface area contributed by atoms with Crippen molar-refractivity contribution in [3.8, 4) is 0 Å². The molecule has 0 aliphatic rings. The van der Waals surface area contributed by atoms with Crippen molar-refractivity contribution in [1.82, 2.24) is 0 Å². The molecule has 10 heavy (non-hydrogen) atoms. The molecule has 0 bridgehead atoms. The predicted octanol–water partition coefficient (Wildman–Crippen LogP) is 2.36. The van der Waals surface area contributed by atoms with Crippen molar-refractivity contribution in [1.29, 1.82) is 0 Å². The van der Waals surface area contributed by atoms with Crippen molar-refractivity contribution in [2.75, 3.05) is 0 Å². The molecule has 0 aromatic heterocycles. The fraction of sp³-hybridized carbons (Fsp3) is 0.778. The van der Waals surface area contributed by atoms with E-state index in [0.29, 0.717) is 5.92 Å². The van der Waals surface area contributed by atoms with E-state index in [-0.39, 0.29) is 6.10 Å². The SMILES string of the molecule is CCCC(C)C=CC(C)O. The predicted molar refractivity (Wildman–Crippen MR) is 44.9 cm³/mol. The minimum Gasteiger partial charge on any atom is -0.389 e. The molecular formula is C9H18O. The van der Waals surface area contributed by atoms with Gasteiger partial charge in [-0.25, -0.2) is 0 Å². The number of hydrogen-bond acceptors (Lipinski definition) is 1. The summed E-state index contributed by atoms with van der Waals surface area (Å²) in [6, 6.07) is 0. The molecule has 1 N–H and O–H groups in total. The maximum absolute atomic E-state index is 8.88. The molecule has 1 heteroatoms. The minimum absolute atomic E-state index is 0.292. The van der Waals surface area contributed by atoms with E-state index in [0.717, 1.165) is 0 Å². The van der Waals surface area contributed by atoms with Gasteiger partial charge in [-0.2, -0.15) is 0 Å². The summed E-state index contributed by atoms with van der Waals surface area (Å²) in [5.74, 6) is 0.611. The molecule has 0 aliphatic heterocycles. The number of hydrogen-bond donors (Lipinski definition) is 1. The van der Waals surface area contributed by atoms with Crippen molar-refractivity contribution in [2.45, 2.75) is 39.7 Å². The Bertz CT molecular complexity index is 94.9. The molecule has 0 saturated heterocycles. The number of aliphatic hydroxyl groups excluding tert-OH is 1. The molecule has 0 aliphatic carbocycles. The molecule has 0 saturated carbocycles. The maximum Gasteiger partial charge on any atom is 0.0692 e. The van der Waals surface area contributed by atoms with Crippen molar-refractivity contribution < 1.29 is 5.11 Å². The second-order valence-corrected chi connectivity index (χ2v) is 2.89. The van der Waals surface area contributed by atoms with E-state index in [1.54, 1.807) is 6.92 Å². The summed E-state index contributed by atoms with van der Waals surface area (Å²) in [4.78, 5) is 0. The third-order valence-electron chi connectivity index (χ3n) is 1.46. The van der Waals surface area contributed by atoms with E-state index >= 15 is 0 Å². The number of rotatable bonds is 4. The Morgan fingerprint density at radius 1 is 1.30 bits per heavy atom. The quantitative estimate of drug-likeness (QED) is 0.597. The van der Waals surface area contributed by atoms with Crippen LogP contribution in [0.25, 0.3) is 0 Å². The highest BCUT2D eigenvalue weighted by atomic mass is 16.3. The zero-order valence-corrected chi connectivity index (χ0v) is 7.17. The molecule has 0 spiro atoms. The molecule has 2 atom stereocenters. The van der Waals surface area contributed by atoms with Gasteiger partial charge in [0.05, 0.1) is 6.10 Å². The second-order valence-electron chi connectivity index (χ2n) is 2.89. The molecule has 0 rings (SSSR count). The Kier molecular flexibility index (Phi) is 5.32. The standard InChI is InChI=1S/C9H18O/c1-4-5-8(2)6-7-9(3)10/h6-10H,4-5H2,1-3H3. The monoisotopic (exact) mass is 142 g/mol. The van der Waals surface area contributed by atoms with Gasteiger partial charge in [-0.1, -0.05) is 32.4 Å². The average molecular weight is 142 g/mol. The zero-order valence-electron chi connectivity index (χ0n) is 7.17. The van der Waals surface area contributed by atoms with Crippen LogP contribution in [0.5, 0.6) is 0 Å². The first-order valence-corrected chi connectivity index (χ1v) is 4.03. The zero-order chi connectivity index (χ0) is 7.98. The van der Waals surface area contributed by atoms with Crippen LogP contribution in [0, 0.1) is 5.92 Å². The largest absolute Gasteiger partial charge is 0.389 e. The maximum atomic E-state index is 8.88. The molecule has 0 heterocycles. The fourth-order valence-corrected chi connectivity index (χ4v) is 0.902. The van der Waals surface area contributed by atoms with Gasteiger partial charge >= 0.3 is 0 Å². The molecule has 1 nitrogen and oxygen atoms in total. The molecule has 0 fully saturated rings. The Balaban J connectivity index is 3.45. The Morgan fingerprint density at radius 2 is 1.90 bits per heavy atom. The van der Waals surface area contributed by atoms with Crippen LogP contribution >= 0.6 is 0 Å². The summed E-state index contributed by atoms with van der Waals surface area (Å²) in [6.07, 6.45) is 6.06. The van der Waals surface area contributed by atoms with Gasteiger partial charge in [0.2, 0.25) is 0 Å².